The lowest BCUT2D eigenvalue weighted by Gasteiger charge is -2.25. The highest BCUT2D eigenvalue weighted by Gasteiger charge is 2.18. The summed E-state index contributed by atoms with van der Waals surface area (Å²) in [5.41, 5.74) is 1.73. The van der Waals surface area contributed by atoms with E-state index < -0.39 is 0 Å². The Morgan fingerprint density at radius 1 is 1.16 bits per heavy atom. The van der Waals surface area contributed by atoms with Crippen LogP contribution in [-0.2, 0) is 0 Å². The number of hydrogen-bond donors (Lipinski definition) is 3. The number of rotatable bonds is 2. The zero-order valence-electron chi connectivity index (χ0n) is 16.7. The summed E-state index contributed by atoms with van der Waals surface area (Å²) in [7, 11) is 0. The third-order valence-electron chi connectivity index (χ3n) is 5.42. The van der Waals surface area contributed by atoms with Gasteiger partial charge in [0.2, 0.25) is 0 Å². The summed E-state index contributed by atoms with van der Waals surface area (Å²) in [4.78, 5) is 24.8. The fourth-order valence-electron chi connectivity index (χ4n) is 3.93. The Hall–Kier alpha value is -3.21. The van der Waals surface area contributed by atoms with E-state index in [0.717, 1.165) is 47.0 Å². The molecule has 7 heteroatoms. The van der Waals surface area contributed by atoms with Crippen LogP contribution in [-0.4, -0.2) is 34.1 Å². The van der Waals surface area contributed by atoms with Gasteiger partial charge in [-0.1, -0.05) is 27.9 Å². The summed E-state index contributed by atoms with van der Waals surface area (Å²) >= 11 is 3.55. The molecule has 6 nitrogen and oxygen atoms in total. The number of halogens is 1. The number of H-pyrrole nitrogens is 1. The van der Waals surface area contributed by atoms with Crippen molar-refractivity contribution in [3.63, 3.8) is 0 Å². The molecule has 1 fully saturated rings. The minimum atomic E-state index is -0.181. The third kappa shape index (κ3) is 4.05. The molecule has 0 saturated carbocycles. The van der Waals surface area contributed by atoms with Gasteiger partial charge in [0.1, 0.15) is 11.5 Å². The highest BCUT2D eigenvalue weighted by molar-refractivity contribution is 9.10. The lowest BCUT2D eigenvalue weighted by Crippen LogP contribution is -2.38. The molecule has 5 rings (SSSR count). The normalized spacial score (nSPS) is 16.1. The van der Waals surface area contributed by atoms with Crippen LogP contribution < -0.4 is 16.2 Å². The van der Waals surface area contributed by atoms with Crippen molar-refractivity contribution >= 4 is 43.4 Å². The summed E-state index contributed by atoms with van der Waals surface area (Å²) in [6, 6.07) is 11.8. The van der Waals surface area contributed by atoms with Gasteiger partial charge in [0.25, 0.3) is 5.56 Å². The van der Waals surface area contributed by atoms with Crippen LogP contribution in [0.4, 0.5) is 5.82 Å². The molecular formula is C24H20BrN5O. The van der Waals surface area contributed by atoms with Gasteiger partial charge in [0.05, 0.1) is 16.5 Å². The molecule has 4 heterocycles. The molecule has 0 radical (unpaired) electrons. The maximum absolute atomic E-state index is 12.8. The number of nitrogens with one attached hydrogen (secondary N) is 3. The van der Waals surface area contributed by atoms with Crippen LogP contribution in [0, 0.1) is 11.8 Å². The summed E-state index contributed by atoms with van der Waals surface area (Å²) < 4.78 is 0.905. The van der Waals surface area contributed by atoms with Crippen molar-refractivity contribution < 1.29 is 0 Å². The van der Waals surface area contributed by atoms with Crippen molar-refractivity contribution in [3.8, 4) is 11.8 Å². The predicted octanol–water partition coefficient (Wildman–Crippen LogP) is 3.80. The molecule has 0 unspecified atom stereocenters. The van der Waals surface area contributed by atoms with Crippen LogP contribution >= 0.6 is 15.9 Å². The lowest BCUT2D eigenvalue weighted by atomic mass is 10.0. The van der Waals surface area contributed by atoms with Crippen molar-refractivity contribution in [1.82, 2.24) is 20.3 Å². The number of aromatic nitrogens is 3. The molecule has 0 spiro atoms. The molecule has 1 saturated heterocycles. The maximum atomic E-state index is 12.8. The van der Waals surface area contributed by atoms with Crippen LogP contribution in [0.15, 0.2) is 58.1 Å². The van der Waals surface area contributed by atoms with Gasteiger partial charge in [0, 0.05) is 40.2 Å². The standard InChI is InChI=1S/C24H20BrN5O/c25-16-7-9-19-20(12-16)21-22(30-23(19)29-18-5-3-10-26-14-18)15(13-28-24(21)31)6-8-17-4-1-2-11-27-17/h1-2,4,7,9,11-13,18,26H,3,5,10,14H2,(H,28,31)(H,29,30)/t18-/m0/s1. The number of piperidine rings is 1. The fourth-order valence-corrected chi connectivity index (χ4v) is 4.29. The molecule has 0 amide bonds. The van der Waals surface area contributed by atoms with E-state index in [9.17, 15) is 4.79 Å². The van der Waals surface area contributed by atoms with Crippen molar-refractivity contribution in [1.29, 1.82) is 0 Å². The Morgan fingerprint density at radius 3 is 2.90 bits per heavy atom. The maximum Gasteiger partial charge on any atom is 0.258 e. The molecule has 1 atom stereocenters. The highest BCUT2D eigenvalue weighted by atomic mass is 79.9. The van der Waals surface area contributed by atoms with Crippen LogP contribution in [0.2, 0.25) is 0 Å². The van der Waals surface area contributed by atoms with Crippen molar-refractivity contribution in [3.05, 3.63) is 74.9 Å². The number of nitrogens with zero attached hydrogens (tertiary/aromatic N) is 2. The second kappa shape index (κ2) is 8.50. The molecule has 4 aromatic rings. The van der Waals surface area contributed by atoms with Crippen LogP contribution in [0.1, 0.15) is 24.1 Å². The quantitative estimate of drug-likeness (QED) is 0.304. The third-order valence-corrected chi connectivity index (χ3v) is 5.92. The molecule has 1 aromatic carbocycles. The zero-order valence-corrected chi connectivity index (χ0v) is 18.3. The van der Waals surface area contributed by atoms with Gasteiger partial charge in [-0.25, -0.2) is 9.97 Å². The van der Waals surface area contributed by atoms with E-state index in [1.54, 1.807) is 12.4 Å². The number of hydrogen-bond acceptors (Lipinski definition) is 5. The first-order valence-electron chi connectivity index (χ1n) is 10.2. The Balaban J connectivity index is 1.73. The molecule has 3 N–H and O–H groups in total. The van der Waals surface area contributed by atoms with Crippen molar-refractivity contribution in [2.24, 2.45) is 0 Å². The van der Waals surface area contributed by atoms with E-state index in [1.807, 2.05) is 36.4 Å². The lowest BCUT2D eigenvalue weighted by molar-refractivity contribution is 0.479. The first kappa shape index (κ1) is 19.7. The molecule has 31 heavy (non-hydrogen) atoms. The molecule has 3 aromatic heterocycles. The molecule has 1 aliphatic heterocycles. The van der Waals surface area contributed by atoms with E-state index >= 15 is 0 Å². The van der Waals surface area contributed by atoms with E-state index in [-0.39, 0.29) is 11.6 Å². The first-order chi connectivity index (χ1) is 15.2. The minimum absolute atomic E-state index is 0.181. The fraction of sp³-hybridized carbons (Fsp3) is 0.208. The summed E-state index contributed by atoms with van der Waals surface area (Å²) in [6.07, 6.45) is 5.53. The van der Waals surface area contributed by atoms with Crippen molar-refractivity contribution in [2.45, 2.75) is 18.9 Å². The Morgan fingerprint density at radius 2 is 2.10 bits per heavy atom. The van der Waals surface area contributed by atoms with E-state index in [1.165, 1.54) is 0 Å². The largest absolute Gasteiger partial charge is 0.366 e. The van der Waals surface area contributed by atoms with Gasteiger partial charge in [-0.15, -0.1) is 0 Å². The number of aromatic amines is 1. The van der Waals surface area contributed by atoms with Crippen LogP contribution in [0.3, 0.4) is 0 Å². The second-order valence-corrected chi connectivity index (χ2v) is 8.47. The Kier molecular flexibility index (Phi) is 5.41. The molecule has 0 bridgehead atoms. The van der Waals surface area contributed by atoms with Gasteiger partial charge in [-0.2, -0.15) is 0 Å². The Bertz CT molecular complexity index is 1380. The highest BCUT2D eigenvalue weighted by Crippen LogP contribution is 2.31. The smallest absolute Gasteiger partial charge is 0.258 e. The number of anilines is 1. The monoisotopic (exact) mass is 473 g/mol. The summed E-state index contributed by atoms with van der Waals surface area (Å²) in [5, 5.41) is 9.32. The van der Waals surface area contributed by atoms with E-state index in [0.29, 0.717) is 22.2 Å². The summed E-state index contributed by atoms with van der Waals surface area (Å²) in [6.45, 7) is 1.93. The Labute approximate surface area is 187 Å². The van der Waals surface area contributed by atoms with E-state index in [4.69, 9.17) is 4.98 Å². The number of benzene rings is 1. The van der Waals surface area contributed by atoms with Crippen LogP contribution in [0.5, 0.6) is 0 Å². The minimum Gasteiger partial charge on any atom is -0.366 e. The van der Waals surface area contributed by atoms with Gasteiger partial charge in [-0.05, 0) is 55.6 Å². The molecule has 0 aliphatic carbocycles. The average molecular weight is 474 g/mol. The summed E-state index contributed by atoms with van der Waals surface area (Å²) in [5.74, 6) is 6.99. The van der Waals surface area contributed by atoms with Gasteiger partial charge in [0.15, 0.2) is 0 Å². The number of pyridine rings is 3. The predicted molar refractivity (Wildman–Crippen MR) is 127 cm³/mol. The second-order valence-electron chi connectivity index (χ2n) is 7.56. The molecule has 1 aliphatic rings. The van der Waals surface area contributed by atoms with E-state index in [2.05, 4.69) is 48.4 Å². The average Bonchev–Trinajstić information content (AvgIpc) is 2.80. The van der Waals surface area contributed by atoms with Gasteiger partial charge < -0.3 is 15.6 Å². The molecule has 154 valence electrons. The van der Waals surface area contributed by atoms with Crippen LogP contribution in [0.25, 0.3) is 21.7 Å². The topological polar surface area (TPSA) is 82.7 Å². The van der Waals surface area contributed by atoms with Gasteiger partial charge >= 0.3 is 0 Å². The zero-order chi connectivity index (χ0) is 21.2. The van der Waals surface area contributed by atoms with Gasteiger partial charge in [-0.3, -0.25) is 4.79 Å². The first-order valence-corrected chi connectivity index (χ1v) is 11.0. The van der Waals surface area contributed by atoms with Crippen molar-refractivity contribution in [2.75, 3.05) is 18.4 Å². The molecular weight excluding hydrogens is 454 g/mol. The number of fused-ring (bicyclic) bond motifs is 3. The SMILES string of the molecule is O=c1[nH]cc(C#Cc2ccccn2)c2nc(N[C@H]3CCCNC3)c3ccc(Br)cc3c12.